The first-order valence-corrected chi connectivity index (χ1v) is 10.5. The molecule has 2 saturated heterocycles. The first-order chi connectivity index (χ1) is 13.3. The van der Waals surface area contributed by atoms with Gasteiger partial charge in [0.05, 0.1) is 12.0 Å². The zero-order valence-electron chi connectivity index (χ0n) is 17.5. The average Bonchev–Trinajstić information content (AvgIpc) is 2.68. The molecule has 0 aromatic carbocycles. The number of carbonyl (C=O) groups excluding carboxylic acids is 1. The van der Waals surface area contributed by atoms with Gasteiger partial charge in [0.25, 0.3) is 0 Å². The molecule has 8 heteroatoms. The van der Waals surface area contributed by atoms with Crippen molar-refractivity contribution in [3.8, 4) is 0 Å². The van der Waals surface area contributed by atoms with E-state index in [2.05, 4.69) is 10.1 Å². The zero-order chi connectivity index (χ0) is 20.2. The van der Waals surface area contributed by atoms with Crippen LogP contribution in [0.15, 0.2) is 5.16 Å². The van der Waals surface area contributed by atoms with Crippen molar-refractivity contribution in [2.45, 2.75) is 64.6 Å². The normalized spacial score (nSPS) is 26.1. The summed E-state index contributed by atoms with van der Waals surface area (Å²) in [6.45, 7) is 9.95. The van der Waals surface area contributed by atoms with Crippen molar-refractivity contribution in [3.63, 3.8) is 0 Å². The Morgan fingerprint density at radius 1 is 1.21 bits per heavy atom. The summed E-state index contributed by atoms with van der Waals surface area (Å²) in [5, 5.41) is 14.3. The van der Waals surface area contributed by atoms with E-state index in [-0.39, 0.29) is 18.8 Å². The van der Waals surface area contributed by atoms with Crippen LogP contribution in [0.25, 0.3) is 0 Å². The van der Waals surface area contributed by atoms with Gasteiger partial charge in [-0.25, -0.2) is 4.79 Å². The molecule has 3 heterocycles. The molecule has 0 aromatic rings. The molecule has 0 bridgehead atoms. The van der Waals surface area contributed by atoms with Crippen molar-refractivity contribution >= 4 is 12.0 Å². The quantitative estimate of drug-likeness (QED) is 0.783. The Hall–Kier alpha value is -1.54. The highest BCUT2D eigenvalue weighted by Gasteiger charge is 2.44. The van der Waals surface area contributed by atoms with Crippen molar-refractivity contribution in [3.05, 3.63) is 0 Å². The summed E-state index contributed by atoms with van der Waals surface area (Å²) < 4.78 is 11.6. The number of aliphatic hydroxyl groups excluding tert-OH is 1. The molecule has 0 aliphatic carbocycles. The van der Waals surface area contributed by atoms with E-state index in [0.29, 0.717) is 38.4 Å². The maximum atomic E-state index is 12.3. The molecule has 28 heavy (non-hydrogen) atoms. The highest BCUT2D eigenvalue weighted by molar-refractivity contribution is 5.83. The Bertz CT molecular complexity index is 561. The lowest BCUT2D eigenvalue weighted by Crippen LogP contribution is -2.52. The van der Waals surface area contributed by atoms with Crippen molar-refractivity contribution in [2.75, 3.05) is 45.9 Å². The van der Waals surface area contributed by atoms with Gasteiger partial charge in [-0.1, -0.05) is 11.6 Å². The van der Waals surface area contributed by atoms with E-state index in [1.54, 1.807) is 4.90 Å². The second-order valence-electron chi connectivity index (χ2n) is 9.20. The highest BCUT2D eigenvalue weighted by atomic mass is 16.7. The van der Waals surface area contributed by atoms with E-state index >= 15 is 0 Å². The number of ether oxygens (including phenoxy) is 2. The number of nitrogens with zero attached hydrogens (tertiary/aromatic N) is 3. The largest absolute Gasteiger partial charge is 0.470 e. The van der Waals surface area contributed by atoms with Gasteiger partial charge in [0.2, 0.25) is 5.90 Å². The van der Waals surface area contributed by atoms with Crippen LogP contribution in [0, 0.1) is 5.41 Å². The molecule has 1 amide bonds. The van der Waals surface area contributed by atoms with E-state index < -0.39 is 11.0 Å². The fraction of sp³-hybridized carbons (Fsp3) is 0.900. The second-order valence-corrected chi connectivity index (χ2v) is 9.20. The Morgan fingerprint density at radius 3 is 2.50 bits per heavy atom. The first kappa shape index (κ1) is 21.2. The Kier molecular flexibility index (Phi) is 6.70. The second kappa shape index (κ2) is 8.86. The maximum absolute atomic E-state index is 12.3. The molecule has 160 valence electrons. The summed E-state index contributed by atoms with van der Waals surface area (Å²) in [7, 11) is 0. The molecule has 3 rings (SSSR count). The number of likely N-dealkylation sites (tertiary alicyclic amines) is 2. The highest BCUT2D eigenvalue weighted by Crippen LogP contribution is 2.35. The summed E-state index contributed by atoms with van der Waals surface area (Å²) in [5.41, 5.74) is -1.12. The summed E-state index contributed by atoms with van der Waals surface area (Å²) in [5.74, 6) is 0.479. The third-order valence-electron chi connectivity index (χ3n) is 5.73. The molecule has 0 radical (unpaired) electrons. The third-order valence-corrected chi connectivity index (χ3v) is 5.73. The zero-order valence-corrected chi connectivity index (χ0v) is 17.5. The summed E-state index contributed by atoms with van der Waals surface area (Å²) >= 11 is 0. The summed E-state index contributed by atoms with van der Waals surface area (Å²) in [6.07, 6.45) is 4.52. The van der Waals surface area contributed by atoms with Gasteiger partial charge in [-0.05, 0) is 59.5 Å². The van der Waals surface area contributed by atoms with Crippen LogP contribution in [0.5, 0.6) is 0 Å². The molecule has 1 atom stereocenters. The van der Waals surface area contributed by atoms with Gasteiger partial charge in [-0.3, -0.25) is 4.90 Å². The molecule has 1 unspecified atom stereocenters. The molecule has 1 N–H and O–H groups in total. The van der Waals surface area contributed by atoms with Crippen LogP contribution in [0.1, 0.15) is 52.9 Å². The van der Waals surface area contributed by atoms with Gasteiger partial charge in [0, 0.05) is 19.6 Å². The summed E-state index contributed by atoms with van der Waals surface area (Å²) in [6, 6.07) is 0. The topological polar surface area (TPSA) is 83.8 Å². The molecule has 0 aromatic heterocycles. The smallest absolute Gasteiger partial charge is 0.410 e. The number of hydrogen-bond donors (Lipinski definition) is 1. The van der Waals surface area contributed by atoms with Gasteiger partial charge in [0.15, 0.2) is 6.61 Å². The first-order valence-electron chi connectivity index (χ1n) is 10.5. The van der Waals surface area contributed by atoms with Gasteiger partial charge < -0.3 is 24.3 Å². The van der Waals surface area contributed by atoms with E-state index in [4.69, 9.17) is 14.3 Å². The number of carbonyl (C=O) groups is 1. The molecule has 3 aliphatic rings. The summed E-state index contributed by atoms with van der Waals surface area (Å²) in [4.78, 5) is 21.9. The van der Waals surface area contributed by atoms with Crippen LogP contribution in [0.3, 0.4) is 0 Å². The molecular formula is C20H35N3O5. The van der Waals surface area contributed by atoms with E-state index in [9.17, 15) is 9.90 Å². The predicted molar refractivity (Wildman–Crippen MR) is 105 cm³/mol. The van der Waals surface area contributed by atoms with E-state index in [1.807, 2.05) is 20.8 Å². The maximum Gasteiger partial charge on any atom is 0.410 e. The number of oxime groups is 1. The van der Waals surface area contributed by atoms with E-state index in [1.165, 1.54) is 19.3 Å². The van der Waals surface area contributed by atoms with Crippen LogP contribution >= 0.6 is 0 Å². The lowest BCUT2D eigenvalue weighted by Gasteiger charge is -2.42. The molecular weight excluding hydrogens is 362 g/mol. The number of hydrogen-bond acceptors (Lipinski definition) is 7. The van der Waals surface area contributed by atoms with Crippen molar-refractivity contribution in [2.24, 2.45) is 10.6 Å². The minimum absolute atomic E-state index is 0.0714. The lowest BCUT2D eigenvalue weighted by atomic mass is 9.78. The Balaban J connectivity index is 1.57. The molecule has 3 aliphatic heterocycles. The number of aliphatic hydroxyl groups is 1. The van der Waals surface area contributed by atoms with Crippen LogP contribution in [-0.2, 0) is 14.3 Å². The van der Waals surface area contributed by atoms with Crippen LogP contribution in [-0.4, -0.2) is 84.5 Å². The monoisotopic (exact) mass is 397 g/mol. The fourth-order valence-electron chi connectivity index (χ4n) is 4.02. The molecule has 2 fully saturated rings. The fourth-order valence-corrected chi connectivity index (χ4v) is 4.02. The standard InChI is InChI=1S/C20H35N3O5/c1-19(2,3)28-18(25)23-11-7-20(15-24,8-12-23)17-21-26-14-16(27-17)13-22-9-5-4-6-10-22/h16,24H,4-15H2,1-3H3. The van der Waals surface area contributed by atoms with Crippen molar-refractivity contribution in [1.29, 1.82) is 0 Å². The van der Waals surface area contributed by atoms with Gasteiger partial charge >= 0.3 is 6.09 Å². The SMILES string of the molecule is CC(C)(C)OC(=O)N1CCC(CO)(C2=NOCC(CN3CCCCC3)O2)CC1. The number of piperidine rings is 2. The number of rotatable bonds is 4. The van der Waals surface area contributed by atoms with Gasteiger partial charge in [-0.15, -0.1) is 0 Å². The van der Waals surface area contributed by atoms with Crippen LogP contribution in [0.2, 0.25) is 0 Å². The minimum atomic E-state index is -0.598. The minimum Gasteiger partial charge on any atom is -0.470 e. The van der Waals surface area contributed by atoms with Crippen LogP contribution in [0.4, 0.5) is 4.79 Å². The molecule has 0 spiro atoms. The number of amides is 1. The Morgan fingerprint density at radius 2 is 1.89 bits per heavy atom. The molecule has 8 nitrogen and oxygen atoms in total. The van der Waals surface area contributed by atoms with Gasteiger partial charge in [-0.2, -0.15) is 0 Å². The van der Waals surface area contributed by atoms with E-state index in [0.717, 1.165) is 19.6 Å². The van der Waals surface area contributed by atoms with Gasteiger partial charge in [0.1, 0.15) is 11.7 Å². The van der Waals surface area contributed by atoms with Crippen molar-refractivity contribution < 1.29 is 24.2 Å². The lowest BCUT2D eigenvalue weighted by molar-refractivity contribution is -0.0363. The average molecular weight is 398 g/mol. The van der Waals surface area contributed by atoms with Crippen molar-refractivity contribution in [1.82, 2.24) is 9.80 Å². The Labute approximate surface area is 167 Å². The third kappa shape index (κ3) is 5.29. The predicted octanol–water partition coefficient (Wildman–Crippen LogP) is 2.21. The van der Waals surface area contributed by atoms with Crippen LogP contribution < -0.4 is 0 Å². The molecule has 0 saturated carbocycles.